The molecule has 1 fully saturated rings. The van der Waals surface area contributed by atoms with Crippen molar-refractivity contribution in [2.75, 3.05) is 45.8 Å². The van der Waals surface area contributed by atoms with Gasteiger partial charge in [-0.1, -0.05) is 32.1 Å². The van der Waals surface area contributed by atoms with Gasteiger partial charge in [-0.25, -0.2) is 19.2 Å². The lowest BCUT2D eigenvalue weighted by molar-refractivity contribution is -0.187. The minimum Gasteiger partial charge on any atom is -0.444 e. The number of unbranched alkanes of at least 4 members (excludes halogenated alkanes) is 7. The summed E-state index contributed by atoms with van der Waals surface area (Å²) in [6, 6.07) is -5.36. The van der Waals surface area contributed by atoms with E-state index in [1.165, 1.54) is 0 Å². The van der Waals surface area contributed by atoms with Crippen LogP contribution in [0.5, 0.6) is 0 Å². The molecule has 29 heteroatoms. The summed E-state index contributed by atoms with van der Waals surface area (Å²) in [5.41, 5.74) is -3.85. The van der Waals surface area contributed by atoms with E-state index < -0.39 is 113 Å². The molecule has 1 aliphatic rings. The van der Waals surface area contributed by atoms with Gasteiger partial charge < -0.3 is 82.0 Å². The molecule has 0 aromatic heterocycles. The van der Waals surface area contributed by atoms with Crippen LogP contribution in [0.1, 0.15) is 226 Å². The Morgan fingerprint density at radius 2 is 0.874 bits per heavy atom. The predicted molar refractivity (Wildman–Crippen MR) is 357 cm³/mol. The van der Waals surface area contributed by atoms with Crippen LogP contribution in [0.15, 0.2) is 0 Å². The van der Waals surface area contributed by atoms with E-state index in [1.54, 1.807) is 109 Å². The van der Waals surface area contributed by atoms with Gasteiger partial charge in [0.2, 0.25) is 48.3 Å². The first-order valence-corrected chi connectivity index (χ1v) is 33.7. The predicted octanol–water partition coefficient (Wildman–Crippen LogP) is 5.40. The summed E-state index contributed by atoms with van der Waals surface area (Å²) in [6.45, 7) is 27.7. The van der Waals surface area contributed by atoms with Gasteiger partial charge in [-0.3, -0.25) is 43.8 Å². The average molecular weight is 1350 g/mol. The molecule has 95 heavy (non-hydrogen) atoms. The molecule has 1 aliphatic heterocycles. The Balaban J connectivity index is 3.14. The van der Waals surface area contributed by atoms with Crippen LogP contribution < -0.4 is 58.5 Å². The lowest BCUT2D eigenvalue weighted by Gasteiger charge is -2.46. The summed E-state index contributed by atoms with van der Waals surface area (Å²) < 4.78 is 26.9. The van der Waals surface area contributed by atoms with Crippen molar-refractivity contribution in [1.29, 1.82) is 0 Å². The number of nitrogens with zero attached hydrogens (tertiary/aromatic N) is 1. The number of nitrogens with one attached hydrogen (secondary N) is 11. The van der Waals surface area contributed by atoms with Crippen LogP contribution in [0.4, 0.5) is 19.2 Å². The quantitative estimate of drug-likeness (QED) is 0.0119. The maximum absolute atomic E-state index is 14.5. The third-order valence-corrected chi connectivity index (χ3v) is 14.3. The summed E-state index contributed by atoms with van der Waals surface area (Å²) in [6.07, 6.45) is 9.67. The van der Waals surface area contributed by atoms with E-state index in [-0.39, 0.29) is 63.0 Å². The molecule has 544 valence electrons. The van der Waals surface area contributed by atoms with Crippen LogP contribution in [0.2, 0.25) is 0 Å². The molecule has 0 bridgehead atoms. The first kappa shape index (κ1) is 85.8. The summed E-state index contributed by atoms with van der Waals surface area (Å²) >= 11 is 0. The van der Waals surface area contributed by atoms with Gasteiger partial charge in [-0.05, 0) is 200 Å². The number of hydrogen-bond donors (Lipinski definition) is 12. The van der Waals surface area contributed by atoms with Crippen molar-refractivity contribution in [3.8, 4) is 12.3 Å². The number of terminal acetylenes is 1. The van der Waals surface area contributed by atoms with Crippen LogP contribution >= 0.6 is 0 Å². The van der Waals surface area contributed by atoms with Gasteiger partial charge in [0.25, 0.3) is 0 Å². The number of hydrogen-bond acceptors (Lipinski definition) is 18. The first-order chi connectivity index (χ1) is 44.3. The Bertz CT molecular complexity index is 2450. The second-order valence-corrected chi connectivity index (χ2v) is 28.3. The van der Waals surface area contributed by atoms with Gasteiger partial charge in [-0.15, -0.1) is 6.42 Å². The van der Waals surface area contributed by atoms with Crippen molar-refractivity contribution in [2.24, 2.45) is 5.92 Å². The molecule has 1 rings (SSSR count). The van der Waals surface area contributed by atoms with E-state index in [1.807, 2.05) is 0 Å². The van der Waals surface area contributed by atoms with Crippen LogP contribution in [0, 0.1) is 18.3 Å². The molecular weight excluding hydrogens is 1230 g/mol. The highest BCUT2D eigenvalue weighted by molar-refractivity contribution is 5.94. The van der Waals surface area contributed by atoms with E-state index in [9.17, 15) is 57.8 Å². The molecule has 0 aliphatic carbocycles. The van der Waals surface area contributed by atoms with E-state index in [2.05, 4.69) is 64.4 Å². The topological polar surface area (TPSA) is 390 Å². The van der Waals surface area contributed by atoms with Gasteiger partial charge in [-0.2, -0.15) is 0 Å². The molecule has 0 saturated carbocycles. The Morgan fingerprint density at radius 3 is 1.34 bits per heavy atom. The summed E-state index contributed by atoms with van der Waals surface area (Å²) in [7, 11) is 0. The fourth-order valence-electron chi connectivity index (χ4n) is 9.59. The number of rotatable bonds is 46. The van der Waals surface area contributed by atoms with Crippen molar-refractivity contribution in [3.05, 3.63) is 0 Å². The number of aliphatic hydroxyl groups is 1. The van der Waals surface area contributed by atoms with Crippen molar-refractivity contribution < 1.29 is 81.5 Å². The fourth-order valence-corrected chi connectivity index (χ4v) is 9.59. The molecule has 12 N–H and O–H groups in total. The molecule has 1 heterocycles. The lowest BCUT2D eigenvalue weighted by Crippen LogP contribution is -2.62. The van der Waals surface area contributed by atoms with E-state index in [4.69, 9.17) is 30.1 Å². The molecule has 7 atom stereocenters. The highest BCUT2D eigenvalue weighted by atomic mass is 16.6. The molecular formula is C66H118N12O17. The van der Waals surface area contributed by atoms with Crippen LogP contribution in [0.3, 0.4) is 0 Å². The summed E-state index contributed by atoms with van der Waals surface area (Å²) in [4.78, 5) is 145. The number of aliphatic hydroxyl groups excluding tert-OH is 1. The largest absolute Gasteiger partial charge is 0.444 e. The number of alkyl carbamates (subject to hydrolysis) is 3. The maximum Gasteiger partial charge on any atom is 0.414 e. The Kier molecular flexibility index (Phi) is 39.6. The molecule has 0 spiro atoms. The number of carbonyl (C=O) groups excluding carboxylic acids is 11. The third-order valence-electron chi connectivity index (χ3n) is 14.3. The summed E-state index contributed by atoms with van der Waals surface area (Å²) in [5.74, 6) is -1.07. The number of carbonyl (C=O) groups is 11. The highest BCUT2D eigenvalue weighted by Crippen LogP contribution is 2.29. The highest BCUT2D eigenvalue weighted by Gasteiger charge is 2.45. The maximum atomic E-state index is 14.5. The Labute approximate surface area is 563 Å². The number of amides is 11. The molecule has 11 amide bonds. The van der Waals surface area contributed by atoms with Crippen molar-refractivity contribution in [3.63, 3.8) is 0 Å². The Hall–Kier alpha value is -7.19. The monoisotopic (exact) mass is 1350 g/mol. The lowest BCUT2D eigenvalue weighted by atomic mass is 10.0. The molecule has 0 aromatic rings. The minimum atomic E-state index is -1.47. The van der Waals surface area contributed by atoms with Gasteiger partial charge in [0, 0.05) is 45.2 Å². The van der Waals surface area contributed by atoms with Crippen molar-refractivity contribution in [2.45, 2.75) is 291 Å². The smallest absolute Gasteiger partial charge is 0.414 e. The zero-order valence-corrected chi connectivity index (χ0v) is 59.5. The molecule has 3 unspecified atom stereocenters. The second kappa shape index (κ2) is 43.8. The van der Waals surface area contributed by atoms with Gasteiger partial charge in [0.1, 0.15) is 41.0 Å². The third kappa shape index (κ3) is 41.4. The number of cyclic esters (lactones) is 1. The zero-order chi connectivity index (χ0) is 72.0. The molecule has 29 nitrogen and oxygen atoms in total. The summed E-state index contributed by atoms with van der Waals surface area (Å²) in [5, 5.41) is 40.9. The van der Waals surface area contributed by atoms with E-state index in [0.29, 0.717) is 129 Å². The second-order valence-electron chi connectivity index (χ2n) is 28.3. The van der Waals surface area contributed by atoms with Crippen LogP contribution in [-0.2, 0) is 57.2 Å². The van der Waals surface area contributed by atoms with E-state index in [0.717, 1.165) is 0 Å². The van der Waals surface area contributed by atoms with Gasteiger partial charge in [0.15, 0.2) is 5.72 Å². The fraction of sp³-hybridized carbons (Fsp3) is 0.803. The molecule has 1 saturated heterocycles. The van der Waals surface area contributed by atoms with Crippen LogP contribution in [-0.4, -0.2) is 187 Å². The van der Waals surface area contributed by atoms with Gasteiger partial charge >= 0.3 is 24.4 Å². The Morgan fingerprint density at radius 1 is 0.495 bits per heavy atom. The van der Waals surface area contributed by atoms with Crippen molar-refractivity contribution >= 4 is 66.2 Å². The molecule has 0 radical (unpaired) electrons. The standard InChI is InChI=1S/C66H118N12O17/c1-17-37-68-52(81)46(33-22-28-39-69-51(80)45(2)31-20-27-40-70-53(82)47(75-58(87)92-63(6,7)8)32-19-18-25-42-72-57(86)91-62(3,4)5)73-55(84)49(35-23-29-41-71-54(83)48(34-21-26-38-67-44-79)76-59(88)93-64(9,10)11)74-56(85)50(77-60(89)94-65(12,13)14)36-24-30-43-78-61(90)95-66(78,15)16/h1,44-50,59,76,88H,18-43H2,2-16H3,(H,67,79)(H,68,81)(H,69,80)(H,70,82)(H,71,83)(H,72,86)(H,73,84)(H,74,85)(H,75,87)(H,77,89)/t45?,46?,47-,48+,49+,50+,59?/m1/s1. The number of ether oxygens (including phenoxy) is 5. The SMILES string of the molecule is C#CCNC(=O)C(CCCCNC(=O)C(C)CCCCNC(=O)[C@@H](CCCCCNC(=O)OC(C)(C)C)NC(=O)OC(C)(C)C)NC(=O)[C@H](CCCCNC(=O)[C@H](CCCCNC=O)NC(O)OC(C)(C)C)NC(=O)[C@H](CCCCN1C(=O)OC1(C)C)NC(=O)OC(C)(C)C. The zero-order valence-electron chi connectivity index (χ0n) is 59.5. The van der Waals surface area contributed by atoms with Crippen LogP contribution in [0.25, 0.3) is 0 Å². The minimum absolute atomic E-state index is 0.00787. The van der Waals surface area contributed by atoms with Gasteiger partial charge in [0.05, 0.1) is 18.2 Å². The molecule has 0 aromatic carbocycles. The average Bonchev–Trinajstić information content (AvgIpc) is 0.786. The van der Waals surface area contributed by atoms with E-state index >= 15 is 0 Å². The first-order valence-electron chi connectivity index (χ1n) is 33.7. The normalized spacial score (nSPS) is 15.1. The van der Waals surface area contributed by atoms with Crippen molar-refractivity contribution in [1.82, 2.24) is 63.4 Å².